The van der Waals surface area contributed by atoms with Crippen LogP contribution in [0.5, 0.6) is 11.6 Å². The summed E-state index contributed by atoms with van der Waals surface area (Å²) in [6.45, 7) is 7.44. The van der Waals surface area contributed by atoms with Crippen LogP contribution in [-0.2, 0) is 11.2 Å². The molecule has 0 aliphatic rings. The van der Waals surface area contributed by atoms with Crippen LogP contribution in [0.15, 0.2) is 47.2 Å². The summed E-state index contributed by atoms with van der Waals surface area (Å²) in [4.78, 5) is 25.3. The highest BCUT2D eigenvalue weighted by Gasteiger charge is 2.12. The molecule has 0 unspecified atom stereocenters. The monoisotopic (exact) mass is 432 g/mol. The van der Waals surface area contributed by atoms with E-state index in [1.165, 1.54) is 0 Å². The molecule has 0 aliphatic heterocycles. The van der Waals surface area contributed by atoms with Gasteiger partial charge in [0.25, 0.3) is 0 Å². The predicted octanol–water partition coefficient (Wildman–Crippen LogP) is 4.25. The average molecular weight is 432 g/mol. The second kappa shape index (κ2) is 9.01. The Balaban J connectivity index is 1.38. The van der Waals surface area contributed by atoms with Gasteiger partial charge in [0, 0.05) is 36.1 Å². The molecule has 164 valence electrons. The Morgan fingerprint density at radius 3 is 2.56 bits per heavy atom. The third kappa shape index (κ3) is 4.83. The highest BCUT2D eigenvalue weighted by molar-refractivity contribution is 5.90. The number of aryl methyl sites for hydroxylation is 4. The van der Waals surface area contributed by atoms with E-state index in [0.29, 0.717) is 41.8 Å². The van der Waals surface area contributed by atoms with Gasteiger partial charge in [-0.25, -0.2) is 9.97 Å². The number of nitrogens with zero attached hydrogens (tertiary/aromatic N) is 5. The predicted molar refractivity (Wildman–Crippen MR) is 118 cm³/mol. The number of carbonyl (C=O) groups is 1. The van der Waals surface area contributed by atoms with Crippen molar-refractivity contribution in [1.82, 2.24) is 24.7 Å². The van der Waals surface area contributed by atoms with Crippen LogP contribution in [-0.4, -0.2) is 30.6 Å². The molecular formula is C23H24N6O3. The molecule has 0 bridgehead atoms. The van der Waals surface area contributed by atoms with Crippen LogP contribution in [0.25, 0.3) is 5.82 Å². The van der Waals surface area contributed by atoms with Crippen molar-refractivity contribution in [2.75, 3.05) is 5.32 Å². The van der Waals surface area contributed by atoms with Crippen LogP contribution >= 0.6 is 0 Å². The SMILES string of the molecule is Cc1nc(Oc2ccc(NC(=O)CCc3c(C)noc3C)cc2)cc(-n2ccnc2C)n1. The van der Waals surface area contributed by atoms with E-state index >= 15 is 0 Å². The summed E-state index contributed by atoms with van der Waals surface area (Å²) >= 11 is 0. The van der Waals surface area contributed by atoms with Crippen LogP contribution in [0, 0.1) is 27.7 Å². The molecule has 1 aromatic carbocycles. The van der Waals surface area contributed by atoms with Crippen molar-refractivity contribution in [2.24, 2.45) is 0 Å². The number of hydrogen-bond donors (Lipinski definition) is 1. The van der Waals surface area contributed by atoms with Gasteiger partial charge in [0.1, 0.15) is 29.0 Å². The van der Waals surface area contributed by atoms with Gasteiger partial charge in [-0.15, -0.1) is 0 Å². The number of hydrogen-bond acceptors (Lipinski definition) is 7. The standard InChI is InChI=1S/C23H24N6O3/c1-14-20(15(2)32-28-14)9-10-22(30)27-18-5-7-19(8-6-18)31-23-13-21(25-16(3)26-23)29-12-11-24-17(29)4/h5-8,11-13H,9-10H2,1-4H3,(H,27,30). The van der Waals surface area contributed by atoms with Gasteiger partial charge in [-0.3, -0.25) is 9.36 Å². The molecule has 0 saturated heterocycles. The van der Waals surface area contributed by atoms with Gasteiger partial charge >= 0.3 is 0 Å². The van der Waals surface area contributed by atoms with Crippen LogP contribution in [0.2, 0.25) is 0 Å². The van der Waals surface area contributed by atoms with Crippen LogP contribution in [0.4, 0.5) is 5.69 Å². The molecule has 0 spiro atoms. The molecule has 1 amide bonds. The zero-order chi connectivity index (χ0) is 22.7. The number of imidazole rings is 1. The van der Waals surface area contributed by atoms with Crippen molar-refractivity contribution in [2.45, 2.75) is 40.5 Å². The molecule has 32 heavy (non-hydrogen) atoms. The summed E-state index contributed by atoms with van der Waals surface area (Å²) < 4.78 is 12.9. The number of amides is 1. The van der Waals surface area contributed by atoms with Crippen LogP contribution in [0.1, 0.15) is 35.1 Å². The number of anilines is 1. The number of rotatable bonds is 7. The Bertz CT molecular complexity index is 1220. The topological polar surface area (TPSA) is 108 Å². The lowest BCUT2D eigenvalue weighted by Gasteiger charge is -2.10. The number of benzene rings is 1. The molecular weight excluding hydrogens is 408 g/mol. The molecule has 0 aliphatic carbocycles. The number of carbonyl (C=O) groups excluding carboxylic acids is 1. The maximum Gasteiger partial charge on any atom is 0.224 e. The first kappa shape index (κ1) is 21.2. The molecule has 0 fully saturated rings. The normalized spacial score (nSPS) is 10.9. The summed E-state index contributed by atoms with van der Waals surface area (Å²) in [5.41, 5.74) is 2.49. The first-order chi connectivity index (χ1) is 15.4. The van der Waals surface area contributed by atoms with Crippen LogP contribution < -0.4 is 10.1 Å². The molecule has 0 radical (unpaired) electrons. The van der Waals surface area contributed by atoms with E-state index in [2.05, 4.69) is 25.4 Å². The zero-order valence-electron chi connectivity index (χ0n) is 18.4. The van der Waals surface area contributed by atoms with E-state index in [0.717, 1.165) is 22.8 Å². The summed E-state index contributed by atoms with van der Waals surface area (Å²) in [5, 5.41) is 6.81. The van der Waals surface area contributed by atoms with Gasteiger partial charge in [0.15, 0.2) is 0 Å². The van der Waals surface area contributed by atoms with E-state index < -0.39 is 0 Å². The third-order valence-corrected chi connectivity index (χ3v) is 5.02. The summed E-state index contributed by atoms with van der Waals surface area (Å²) in [7, 11) is 0. The largest absolute Gasteiger partial charge is 0.439 e. The maximum atomic E-state index is 12.3. The molecule has 1 N–H and O–H groups in total. The van der Waals surface area contributed by atoms with Crippen molar-refractivity contribution in [3.05, 3.63) is 71.4 Å². The lowest BCUT2D eigenvalue weighted by molar-refractivity contribution is -0.116. The average Bonchev–Trinajstić information content (AvgIpc) is 3.32. The van der Waals surface area contributed by atoms with Crippen molar-refractivity contribution >= 4 is 11.6 Å². The third-order valence-electron chi connectivity index (χ3n) is 5.02. The number of nitrogens with one attached hydrogen (secondary N) is 1. The molecule has 3 aromatic heterocycles. The minimum Gasteiger partial charge on any atom is -0.439 e. The van der Waals surface area contributed by atoms with E-state index in [1.54, 1.807) is 36.5 Å². The Morgan fingerprint density at radius 1 is 1.12 bits per heavy atom. The summed E-state index contributed by atoms with van der Waals surface area (Å²) in [6, 6.07) is 8.90. The maximum absolute atomic E-state index is 12.3. The van der Waals surface area contributed by atoms with Gasteiger partial charge in [-0.05, 0) is 58.4 Å². The Morgan fingerprint density at radius 2 is 1.91 bits per heavy atom. The smallest absolute Gasteiger partial charge is 0.224 e. The van der Waals surface area contributed by atoms with Crippen molar-refractivity contribution < 1.29 is 14.1 Å². The summed E-state index contributed by atoms with van der Waals surface area (Å²) in [6.07, 6.45) is 4.48. The van der Waals surface area contributed by atoms with Crippen molar-refractivity contribution in [3.63, 3.8) is 0 Å². The lowest BCUT2D eigenvalue weighted by atomic mass is 10.1. The fourth-order valence-corrected chi connectivity index (χ4v) is 3.37. The molecule has 3 heterocycles. The Labute approximate surface area is 185 Å². The van der Waals surface area contributed by atoms with Gasteiger partial charge in [0.05, 0.1) is 5.69 Å². The van der Waals surface area contributed by atoms with Gasteiger partial charge in [0.2, 0.25) is 11.8 Å². The van der Waals surface area contributed by atoms with Crippen LogP contribution in [0.3, 0.4) is 0 Å². The van der Waals surface area contributed by atoms with E-state index in [1.807, 2.05) is 38.5 Å². The van der Waals surface area contributed by atoms with Crippen molar-refractivity contribution in [3.8, 4) is 17.4 Å². The first-order valence-corrected chi connectivity index (χ1v) is 10.2. The second-order valence-corrected chi connectivity index (χ2v) is 7.43. The second-order valence-electron chi connectivity index (χ2n) is 7.43. The van der Waals surface area contributed by atoms with Gasteiger partial charge in [-0.1, -0.05) is 5.16 Å². The Kier molecular flexibility index (Phi) is 5.98. The zero-order valence-corrected chi connectivity index (χ0v) is 18.4. The van der Waals surface area contributed by atoms with Gasteiger partial charge in [-0.2, -0.15) is 4.98 Å². The summed E-state index contributed by atoms with van der Waals surface area (Å²) in [5.74, 6) is 3.80. The van der Waals surface area contributed by atoms with E-state index in [4.69, 9.17) is 9.26 Å². The van der Waals surface area contributed by atoms with Crippen molar-refractivity contribution in [1.29, 1.82) is 0 Å². The molecule has 9 heteroatoms. The number of ether oxygens (including phenoxy) is 1. The fourth-order valence-electron chi connectivity index (χ4n) is 3.37. The minimum absolute atomic E-state index is 0.0783. The molecule has 4 aromatic rings. The van der Waals surface area contributed by atoms with E-state index in [9.17, 15) is 4.79 Å². The number of aromatic nitrogens is 5. The minimum atomic E-state index is -0.0783. The molecule has 9 nitrogen and oxygen atoms in total. The highest BCUT2D eigenvalue weighted by Crippen LogP contribution is 2.24. The fraction of sp³-hybridized carbons (Fsp3) is 0.261. The highest BCUT2D eigenvalue weighted by atomic mass is 16.5. The first-order valence-electron chi connectivity index (χ1n) is 10.2. The molecule has 0 saturated carbocycles. The lowest BCUT2D eigenvalue weighted by Crippen LogP contribution is -2.12. The molecule has 4 rings (SSSR count). The molecule has 0 atom stereocenters. The van der Waals surface area contributed by atoms with E-state index in [-0.39, 0.29) is 5.91 Å². The van der Waals surface area contributed by atoms with Gasteiger partial charge < -0.3 is 14.6 Å². The quantitative estimate of drug-likeness (QED) is 0.465. The Hall–Kier alpha value is -4.01.